The Morgan fingerprint density at radius 3 is 2.67 bits per heavy atom. The molecule has 10 nitrogen and oxygen atoms in total. The Bertz CT molecular complexity index is 2190. The van der Waals surface area contributed by atoms with Gasteiger partial charge in [-0.2, -0.15) is 18.3 Å². The van der Waals surface area contributed by atoms with Crippen LogP contribution in [0.1, 0.15) is 44.7 Å². The number of anilines is 3. The summed E-state index contributed by atoms with van der Waals surface area (Å²) in [6, 6.07) is 12.7. The van der Waals surface area contributed by atoms with E-state index in [4.69, 9.17) is 0 Å². The van der Waals surface area contributed by atoms with E-state index in [1.54, 1.807) is 54.1 Å². The molecule has 13 heteroatoms. The predicted octanol–water partition coefficient (Wildman–Crippen LogP) is 6.94. The second kappa shape index (κ2) is 15.5. The van der Waals surface area contributed by atoms with E-state index in [0.29, 0.717) is 23.4 Å². The number of imidazole rings is 1. The number of likely N-dealkylation sites (N-methyl/N-ethyl adjacent to an activating group) is 1. The number of alkyl halides is 3. The normalized spacial score (nSPS) is 13.0. The Kier molecular flexibility index (Phi) is 10.7. The molecule has 4 heterocycles. The van der Waals surface area contributed by atoms with Crippen molar-refractivity contribution in [2.45, 2.75) is 32.6 Å². The summed E-state index contributed by atoms with van der Waals surface area (Å²) in [6.45, 7) is 4.35. The fraction of sp³-hybridized carbons (Fsp3) is 0.256. The molecule has 0 atom stereocenters. The number of aromatic nitrogens is 4. The van der Waals surface area contributed by atoms with Crippen LogP contribution in [0.25, 0.3) is 5.65 Å². The van der Waals surface area contributed by atoms with Gasteiger partial charge in [-0.3, -0.25) is 13.9 Å². The van der Waals surface area contributed by atoms with E-state index >= 15 is 0 Å². The number of rotatable bonds is 10. The number of halogens is 3. The number of amides is 1. The number of benzene rings is 2. The minimum absolute atomic E-state index is 0.0252. The van der Waals surface area contributed by atoms with Crippen LogP contribution in [0, 0.1) is 18.8 Å². The Hall–Kier alpha value is -6.00. The van der Waals surface area contributed by atoms with Gasteiger partial charge in [0.05, 0.1) is 29.3 Å². The first-order valence-corrected chi connectivity index (χ1v) is 16.8. The lowest BCUT2D eigenvalue weighted by Gasteiger charge is -2.20. The van der Waals surface area contributed by atoms with E-state index in [-0.39, 0.29) is 23.4 Å². The summed E-state index contributed by atoms with van der Waals surface area (Å²) in [4.78, 5) is 23.6. The van der Waals surface area contributed by atoms with Crippen molar-refractivity contribution in [2.75, 3.05) is 44.9 Å². The highest BCUT2D eigenvalue weighted by Crippen LogP contribution is 2.35. The van der Waals surface area contributed by atoms with Crippen LogP contribution in [0.2, 0.25) is 0 Å². The first-order valence-electron chi connectivity index (χ1n) is 16.8. The SMILES string of the molecule is Cc1ccc(C(=O)Nc2ccc(CN3C=CCN(C)C=C3)c(C(F)(F)F)c2)cc1C#Cc1cnc2c(Nc3cnn(CCCN(C)C)c3)cccn12. The standard InChI is InChI=1S/C39H40F3N9O/c1-28-9-10-30(38(52)46-32-13-11-31(35(23-32)39(40,41)42)26-49-17-7-16-48(4)20-21-49)22-29(28)12-14-34-25-43-37-36(8-5-19-51(34)37)45-33-24-44-50(27-33)18-6-15-47(2)3/h5,7-11,13,17,19-25,27,45H,6,15-16,18,26H2,1-4H3,(H,46,52). The average molecular weight is 708 g/mol. The van der Waals surface area contributed by atoms with Gasteiger partial charge in [-0.1, -0.05) is 18.1 Å². The lowest BCUT2D eigenvalue weighted by atomic mass is 10.0. The van der Waals surface area contributed by atoms with Crippen LogP contribution in [0.4, 0.5) is 30.2 Å². The summed E-state index contributed by atoms with van der Waals surface area (Å²) in [5.41, 5.74) is 4.02. The zero-order valence-corrected chi connectivity index (χ0v) is 29.4. The number of hydrogen-bond donors (Lipinski definition) is 2. The third kappa shape index (κ3) is 8.83. The summed E-state index contributed by atoms with van der Waals surface area (Å²) in [6.07, 6.45) is 10.9. The smallest absolute Gasteiger partial charge is 0.375 e. The zero-order chi connectivity index (χ0) is 36.8. The molecular formula is C39H40F3N9O. The van der Waals surface area contributed by atoms with Gasteiger partial charge in [0.1, 0.15) is 5.69 Å². The summed E-state index contributed by atoms with van der Waals surface area (Å²) >= 11 is 0. The second-order valence-electron chi connectivity index (χ2n) is 12.9. The van der Waals surface area contributed by atoms with Crippen LogP contribution in [0.15, 0.2) is 98.0 Å². The van der Waals surface area contributed by atoms with Crippen LogP contribution < -0.4 is 10.6 Å². The Morgan fingerprint density at radius 2 is 1.87 bits per heavy atom. The summed E-state index contributed by atoms with van der Waals surface area (Å²) in [5, 5.41) is 10.5. The molecule has 5 aromatic rings. The summed E-state index contributed by atoms with van der Waals surface area (Å²) in [5.74, 6) is 5.78. The highest BCUT2D eigenvalue weighted by atomic mass is 19.4. The third-order valence-corrected chi connectivity index (χ3v) is 8.49. The highest BCUT2D eigenvalue weighted by Gasteiger charge is 2.34. The van der Waals surface area contributed by atoms with Gasteiger partial charge in [-0.15, -0.1) is 0 Å². The molecule has 1 amide bonds. The van der Waals surface area contributed by atoms with Crippen LogP contribution in [0.5, 0.6) is 0 Å². The molecule has 0 radical (unpaired) electrons. The molecule has 0 bridgehead atoms. The highest BCUT2D eigenvalue weighted by molar-refractivity contribution is 6.04. The van der Waals surface area contributed by atoms with Crippen LogP contribution in [0.3, 0.4) is 0 Å². The molecule has 2 aromatic carbocycles. The molecule has 0 aliphatic carbocycles. The van der Waals surface area contributed by atoms with E-state index in [2.05, 4.69) is 37.5 Å². The largest absolute Gasteiger partial charge is 0.416 e. The lowest BCUT2D eigenvalue weighted by Crippen LogP contribution is -2.17. The third-order valence-electron chi connectivity index (χ3n) is 8.49. The number of fused-ring (bicyclic) bond motifs is 1. The average Bonchev–Trinajstić information content (AvgIpc) is 3.67. The van der Waals surface area contributed by atoms with Crippen molar-refractivity contribution in [2.24, 2.45) is 0 Å². The number of nitrogens with zero attached hydrogens (tertiary/aromatic N) is 7. The molecule has 0 fully saturated rings. The van der Waals surface area contributed by atoms with E-state index < -0.39 is 17.6 Å². The van der Waals surface area contributed by atoms with Crippen molar-refractivity contribution in [1.82, 2.24) is 33.9 Å². The molecular weight excluding hydrogens is 667 g/mol. The summed E-state index contributed by atoms with van der Waals surface area (Å²) in [7, 11) is 5.98. The molecule has 2 N–H and O–H groups in total. The molecule has 0 saturated carbocycles. The van der Waals surface area contributed by atoms with Crippen molar-refractivity contribution in [3.8, 4) is 11.8 Å². The molecule has 0 saturated heterocycles. The molecule has 6 rings (SSSR count). The van der Waals surface area contributed by atoms with Gasteiger partial charge in [0.25, 0.3) is 5.91 Å². The van der Waals surface area contributed by atoms with Crippen molar-refractivity contribution in [1.29, 1.82) is 0 Å². The van der Waals surface area contributed by atoms with Crippen molar-refractivity contribution in [3.63, 3.8) is 0 Å². The van der Waals surface area contributed by atoms with E-state index in [1.807, 2.05) is 72.7 Å². The van der Waals surface area contributed by atoms with Gasteiger partial charge in [-0.05, 0) is 93.5 Å². The van der Waals surface area contributed by atoms with Crippen LogP contribution in [-0.4, -0.2) is 74.0 Å². The molecule has 3 aromatic heterocycles. The maximum atomic E-state index is 14.2. The Labute approximate surface area is 300 Å². The van der Waals surface area contributed by atoms with Crippen molar-refractivity contribution >= 4 is 28.6 Å². The van der Waals surface area contributed by atoms with Crippen LogP contribution in [-0.2, 0) is 19.3 Å². The van der Waals surface area contributed by atoms with Crippen molar-refractivity contribution in [3.05, 3.63) is 132 Å². The minimum Gasteiger partial charge on any atom is -0.375 e. The van der Waals surface area contributed by atoms with Gasteiger partial charge >= 0.3 is 6.18 Å². The minimum atomic E-state index is -4.61. The van der Waals surface area contributed by atoms with Gasteiger partial charge in [0.15, 0.2) is 5.65 Å². The maximum absolute atomic E-state index is 14.2. The van der Waals surface area contributed by atoms with Crippen molar-refractivity contribution < 1.29 is 18.0 Å². The van der Waals surface area contributed by atoms with E-state index in [9.17, 15) is 18.0 Å². The molecule has 52 heavy (non-hydrogen) atoms. The molecule has 1 aliphatic heterocycles. The monoisotopic (exact) mass is 707 g/mol. The second-order valence-corrected chi connectivity index (χ2v) is 12.9. The number of aryl methyl sites for hydroxylation is 2. The zero-order valence-electron chi connectivity index (χ0n) is 29.4. The molecule has 1 aliphatic rings. The van der Waals surface area contributed by atoms with Crippen LogP contribution >= 0.6 is 0 Å². The Morgan fingerprint density at radius 1 is 1.02 bits per heavy atom. The van der Waals surface area contributed by atoms with Gasteiger partial charge < -0.3 is 25.3 Å². The quantitative estimate of drug-likeness (QED) is 0.152. The predicted molar refractivity (Wildman–Crippen MR) is 197 cm³/mol. The fourth-order valence-corrected chi connectivity index (χ4v) is 5.71. The molecule has 0 spiro atoms. The first kappa shape index (κ1) is 35.8. The lowest BCUT2D eigenvalue weighted by molar-refractivity contribution is -0.138. The molecule has 268 valence electrons. The number of pyridine rings is 1. The number of nitrogens with one attached hydrogen (secondary N) is 2. The van der Waals surface area contributed by atoms with E-state index in [0.717, 1.165) is 42.5 Å². The van der Waals surface area contributed by atoms with E-state index in [1.165, 1.54) is 12.1 Å². The Balaban J connectivity index is 1.17. The van der Waals surface area contributed by atoms with Gasteiger partial charge in [0, 0.05) is 74.5 Å². The van der Waals surface area contributed by atoms with Gasteiger partial charge in [0.2, 0.25) is 0 Å². The van der Waals surface area contributed by atoms with Gasteiger partial charge in [-0.25, -0.2) is 4.98 Å². The number of carbonyl (C=O) groups excluding carboxylic acids is 1. The number of hydrogen-bond acceptors (Lipinski definition) is 7. The fourth-order valence-electron chi connectivity index (χ4n) is 5.71. The number of carbonyl (C=O) groups is 1. The first-order chi connectivity index (χ1) is 24.9. The summed E-state index contributed by atoms with van der Waals surface area (Å²) < 4.78 is 46.3. The topological polar surface area (TPSA) is 86.0 Å². The molecule has 0 unspecified atom stereocenters. The maximum Gasteiger partial charge on any atom is 0.416 e.